The van der Waals surface area contributed by atoms with Gasteiger partial charge in [0.05, 0.1) is 26.9 Å². The summed E-state index contributed by atoms with van der Waals surface area (Å²) in [6.45, 7) is 0. The summed E-state index contributed by atoms with van der Waals surface area (Å²) in [5.41, 5.74) is 0.696. The molecule has 28 heavy (non-hydrogen) atoms. The number of alkyl halides is 3. The van der Waals surface area contributed by atoms with Crippen LogP contribution in [0.2, 0.25) is 0 Å². The molecule has 0 fully saturated rings. The third-order valence-electron chi connectivity index (χ3n) is 4.06. The lowest BCUT2D eigenvalue weighted by Crippen LogP contribution is -2.10. The minimum Gasteiger partial charge on any atom is -0.422 e. The smallest absolute Gasteiger partial charge is 0.416 e. The largest absolute Gasteiger partial charge is 0.422 e. The summed E-state index contributed by atoms with van der Waals surface area (Å²) in [7, 11) is 0. The van der Waals surface area contributed by atoms with Crippen molar-refractivity contribution in [2.75, 3.05) is 0 Å². The lowest BCUT2D eigenvalue weighted by molar-refractivity contribution is -0.137. The molecule has 0 bridgehead atoms. The van der Waals surface area contributed by atoms with E-state index >= 15 is 0 Å². The standard InChI is InChI=1S/C21H12F3NO2S/c22-21(23,24)14-11-9-13(10-12-14)20(26)27-17-7-3-1-5-15(17)19-25-16-6-2-4-8-18(16)28-19/h1-12H. The Morgan fingerprint density at radius 2 is 1.57 bits per heavy atom. The van der Waals surface area contributed by atoms with Crippen molar-refractivity contribution < 1.29 is 22.7 Å². The summed E-state index contributed by atoms with van der Waals surface area (Å²) in [6, 6.07) is 18.5. The van der Waals surface area contributed by atoms with Crippen LogP contribution in [0.1, 0.15) is 15.9 Å². The second kappa shape index (κ2) is 7.09. The van der Waals surface area contributed by atoms with Crippen LogP contribution in [0.4, 0.5) is 13.2 Å². The van der Waals surface area contributed by atoms with Gasteiger partial charge in [-0.25, -0.2) is 9.78 Å². The fraction of sp³-hybridized carbons (Fsp3) is 0.0476. The number of aromatic nitrogens is 1. The summed E-state index contributed by atoms with van der Waals surface area (Å²) < 4.78 is 44.5. The Bertz CT molecular complexity index is 1120. The molecule has 1 heterocycles. The normalized spacial score (nSPS) is 11.5. The van der Waals surface area contributed by atoms with E-state index in [0.29, 0.717) is 16.3 Å². The summed E-state index contributed by atoms with van der Waals surface area (Å²) >= 11 is 1.46. The number of benzene rings is 3. The number of para-hydroxylation sites is 2. The molecule has 0 atom stereocenters. The maximum Gasteiger partial charge on any atom is 0.416 e. The van der Waals surface area contributed by atoms with Gasteiger partial charge in [-0.05, 0) is 48.5 Å². The van der Waals surface area contributed by atoms with Crippen molar-refractivity contribution in [1.82, 2.24) is 4.98 Å². The summed E-state index contributed by atoms with van der Waals surface area (Å²) in [5, 5.41) is 0.692. The first-order valence-electron chi connectivity index (χ1n) is 8.26. The van der Waals surface area contributed by atoms with Crippen molar-refractivity contribution in [1.29, 1.82) is 0 Å². The highest BCUT2D eigenvalue weighted by molar-refractivity contribution is 7.21. The fourth-order valence-corrected chi connectivity index (χ4v) is 3.67. The Morgan fingerprint density at radius 1 is 0.893 bits per heavy atom. The zero-order chi connectivity index (χ0) is 19.7. The van der Waals surface area contributed by atoms with Crippen molar-refractivity contribution in [3.8, 4) is 16.3 Å². The first-order chi connectivity index (χ1) is 13.4. The average molecular weight is 399 g/mol. The van der Waals surface area contributed by atoms with Crippen LogP contribution >= 0.6 is 11.3 Å². The van der Waals surface area contributed by atoms with Crippen LogP contribution in [0.15, 0.2) is 72.8 Å². The number of hydrogen-bond acceptors (Lipinski definition) is 4. The number of fused-ring (bicyclic) bond motifs is 1. The highest BCUT2D eigenvalue weighted by atomic mass is 32.1. The molecule has 0 amide bonds. The van der Waals surface area contributed by atoms with Gasteiger partial charge < -0.3 is 4.74 Å². The molecule has 0 N–H and O–H groups in total. The number of thiazole rings is 1. The van der Waals surface area contributed by atoms with Crippen LogP contribution in [-0.2, 0) is 6.18 Å². The van der Waals surface area contributed by atoms with Crippen molar-refractivity contribution in [2.45, 2.75) is 6.18 Å². The topological polar surface area (TPSA) is 39.2 Å². The number of esters is 1. The number of halogens is 3. The van der Waals surface area contributed by atoms with Crippen LogP contribution < -0.4 is 4.74 Å². The molecule has 4 rings (SSSR count). The molecule has 0 saturated heterocycles. The van der Waals surface area contributed by atoms with Crippen molar-refractivity contribution >= 4 is 27.5 Å². The van der Waals surface area contributed by atoms with Crippen LogP contribution in [0.25, 0.3) is 20.8 Å². The van der Waals surface area contributed by atoms with Gasteiger partial charge in [0.15, 0.2) is 0 Å². The molecule has 4 aromatic rings. The van der Waals surface area contributed by atoms with E-state index in [1.54, 1.807) is 24.3 Å². The number of carbonyl (C=O) groups is 1. The van der Waals surface area contributed by atoms with Crippen molar-refractivity contribution in [2.24, 2.45) is 0 Å². The lowest BCUT2D eigenvalue weighted by atomic mass is 10.1. The molecule has 0 radical (unpaired) electrons. The second-order valence-corrected chi connectivity index (χ2v) is 6.98. The molecule has 0 aliphatic rings. The third-order valence-corrected chi connectivity index (χ3v) is 5.13. The van der Waals surface area contributed by atoms with Gasteiger partial charge in [-0.1, -0.05) is 24.3 Å². The average Bonchev–Trinajstić information content (AvgIpc) is 3.12. The molecule has 0 unspecified atom stereocenters. The number of nitrogens with zero attached hydrogens (tertiary/aromatic N) is 1. The Kier molecular flexibility index (Phi) is 4.60. The lowest BCUT2D eigenvalue weighted by Gasteiger charge is -2.09. The molecule has 0 saturated carbocycles. The zero-order valence-corrected chi connectivity index (χ0v) is 15.1. The molecular formula is C21H12F3NO2S. The van der Waals surface area contributed by atoms with E-state index in [4.69, 9.17) is 4.74 Å². The second-order valence-electron chi connectivity index (χ2n) is 5.95. The SMILES string of the molecule is O=C(Oc1ccccc1-c1nc2ccccc2s1)c1ccc(C(F)(F)F)cc1. The van der Waals surface area contributed by atoms with E-state index < -0.39 is 17.7 Å². The maximum absolute atomic E-state index is 12.7. The molecule has 7 heteroatoms. The van der Waals surface area contributed by atoms with Gasteiger partial charge >= 0.3 is 12.1 Å². The van der Waals surface area contributed by atoms with Crippen molar-refractivity contribution in [3.05, 3.63) is 83.9 Å². The van der Waals surface area contributed by atoms with Gasteiger partial charge in [0.1, 0.15) is 10.8 Å². The van der Waals surface area contributed by atoms with Gasteiger partial charge in [0.2, 0.25) is 0 Å². The molecule has 0 aliphatic carbocycles. The van der Waals surface area contributed by atoms with E-state index in [1.165, 1.54) is 11.3 Å². The van der Waals surface area contributed by atoms with E-state index in [2.05, 4.69) is 4.98 Å². The Balaban J connectivity index is 1.63. The number of rotatable bonds is 3. The van der Waals surface area contributed by atoms with E-state index in [9.17, 15) is 18.0 Å². The first-order valence-corrected chi connectivity index (χ1v) is 9.08. The first kappa shape index (κ1) is 18.2. The summed E-state index contributed by atoms with van der Waals surface area (Å²) in [4.78, 5) is 17.0. The molecular weight excluding hydrogens is 387 g/mol. The molecule has 1 aromatic heterocycles. The zero-order valence-electron chi connectivity index (χ0n) is 14.2. The quantitative estimate of drug-likeness (QED) is 0.304. The Labute approximate surface area is 162 Å². The fourth-order valence-electron chi connectivity index (χ4n) is 2.67. The van der Waals surface area contributed by atoms with Crippen LogP contribution in [0, 0.1) is 0 Å². The van der Waals surface area contributed by atoms with Gasteiger partial charge in [-0.3, -0.25) is 0 Å². The highest BCUT2D eigenvalue weighted by Gasteiger charge is 2.30. The van der Waals surface area contributed by atoms with Crippen LogP contribution in [0.5, 0.6) is 5.75 Å². The highest BCUT2D eigenvalue weighted by Crippen LogP contribution is 2.36. The van der Waals surface area contributed by atoms with Gasteiger partial charge in [-0.2, -0.15) is 13.2 Å². The van der Waals surface area contributed by atoms with E-state index in [1.807, 2.05) is 24.3 Å². The third kappa shape index (κ3) is 3.61. The minimum atomic E-state index is -4.46. The van der Waals surface area contributed by atoms with Crippen molar-refractivity contribution in [3.63, 3.8) is 0 Å². The molecule has 3 aromatic carbocycles. The van der Waals surface area contributed by atoms with Gasteiger partial charge in [0.25, 0.3) is 0 Å². The van der Waals surface area contributed by atoms with Gasteiger partial charge in [0, 0.05) is 0 Å². The minimum absolute atomic E-state index is 0.0344. The summed E-state index contributed by atoms with van der Waals surface area (Å²) in [6.07, 6.45) is -4.46. The molecule has 3 nitrogen and oxygen atoms in total. The molecule has 0 aliphatic heterocycles. The van der Waals surface area contributed by atoms with E-state index in [-0.39, 0.29) is 5.56 Å². The predicted octanol–water partition coefficient (Wildman–Crippen LogP) is 6.20. The van der Waals surface area contributed by atoms with Crippen LogP contribution in [-0.4, -0.2) is 11.0 Å². The van der Waals surface area contributed by atoms with Gasteiger partial charge in [-0.15, -0.1) is 11.3 Å². The van der Waals surface area contributed by atoms with E-state index in [0.717, 1.165) is 34.5 Å². The predicted molar refractivity (Wildman–Crippen MR) is 101 cm³/mol. The Hall–Kier alpha value is -3.19. The monoisotopic (exact) mass is 399 g/mol. The maximum atomic E-state index is 12.7. The van der Waals surface area contributed by atoms with Crippen LogP contribution in [0.3, 0.4) is 0 Å². The number of ether oxygens (including phenoxy) is 1. The Morgan fingerprint density at radius 3 is 2.29 bits per heavy atom. The summed E-state index contributed by atoms with van der Waals surface area (Å²) in [5.74, 6) is -0.436. The molecule has 0 spiro atoms. The molecule has 140 valence electrons. The number of carbonyl (C=O) groups excluding carboxylic acids is 1. The number of hydrogen-bond donors (Lipinski definition) is 0.